The molecule has 0 spiro atoms. The van der Waals surface area contributed by atoms with Crippen LogP contribution in [0, 0.1) is 11.8 Å². The second-order valence-electron chi connectivity index (χ2n) is 8.93. The van der Waals surface area contributed by atoms with Crippen LogP contribution in [0.25, 0.3) is 0 Å². The third kappa shape index (κ3) is 20.2. The van der Waals surface area contributed by atoms with Gasteiger partial charge in [-0.1, -0.05) is 150 Å². The fraction of sp³-hybridized carbons (Fsp3) is 1.00. The van der Waals surface area contributed by atoms with E-state index in [-0.39, 0.29) is 0 Å². The van der Waals surface area contributed by atoms with Crippen molar-refractivity contribution in [3.63, 3.8) is 0 Å². The van der Waals surface area contributed by atoms with Gasteiger partial charge >= 0.3 is 0 Å². The van der Waals surface area contributed by atoms with E-state index in [4.69, 9.17) is 0 Å². The Kier molecular flexibility index (Phi) is 20.3. The Balaban J connectivity index is 3.17. The third-order valence-corrected chi connectivity index (χ3v) is 6.14. The highest BCUT2D eigenvalue weighted by atomic mass is 14.1. The average Bonchev–Trinajstić information content (AvgIpc) is 2.62. The fourth-order valence-corrected chi connectivity index (χ4v) is 3.84. The summed E-state index contributed by atoms with van der Waals surface area (Å²) in [5, 5.41) is 0. The molecule has 0 saturated carbocycles. The van der Waals surface area contributed by atoms with Crippen LogP contribution in [-0.2, 0) is 0 Å². The molecule has 25 heavy (non-hydrogen) atoms. The molecule has 0 aliphatic carbocycles. The highest BCUT2D eigenvalue weighted by Gasteiger charge is 2.03. The molecule has 0 heterocycles. The minimum Gasteiger partial charge on any atom is -0.0654 e. The van der Waals surface area contributed by atoms with Crippen molar-refractivity contribution in [1.82, 2.24) is 0 Å². The molecule has 0 bridgehead atoms. The first-order chi connectivity index (χ1) is 12.2. The van der Waals surface area contributed by atoms with Gasteiger partial charge in [-0.05, 0) is 11.8 Å². The van der Waals surface area contributed by atoms with Gasteiger partial charge in [-0.2, -0.15) is 0 Å². The second kappa shape index (κ2) is 20.3. The Morgan fingerprint density at radius 1 is 0.400 bits per heavy atom. The van der Waals surface area contributed by atoms with Crippen molar-refractivity contribution >= 4 is 0 Å². The average molecular weight is 353 g/mol. The molecule has 0 aliphatic rings. The van der Waals surface area contributed by atoms with Gasteiger partial charge in [-0.15, -0.1) is 0 Å². The highest BCUT2D eigenvalue weighted by Crippen LogP contribution is 2.19. The van der Waals surface area contributed by atoms with Crippen LogP contribution < -0.4 is 0 Å². The van der Waals surface area contributed by atoms with Crippen LogP contribution in [0.2, 0.25) is 0 Å². The van der Waals surface area contributed by atoms with Crippen molar-refractivity contribution in [3.8, 4) is 0 Å². The van der Waals surface area contributed by atoms with Gasteiger partial charge in [0.2, 0.25) is 0 Å². The van der Waals surface area contributed by atoms with E-state index in [2.05, 4.69) is 27.7 Å². The van der Waals surface area contributed by atoms with Gasteiger partial charge in [0.05, 0.1) is 0 Å². The molecule has 2 atom stereocenters. The molecule has 0 unspecified atom stereocenters. The highest BCUT2D eigenvalue weighted by molar-refractivity contribution is 4.57. The molecule has 0 aromatic heterocycles. The maximum atomic E-state index is 2.48. The molecular formula is C25H52. The quantitative estimate of drug-likeness (QED) is 0.191. The van der Waals surface area contributed by atoms with Crippen molar-refractivity contribution in [2.24, 2.45) is 11.8 Å². The summed E-state index contributed by atoms with van der Waals surface area (Å²) in [5.74, 6) is 1.91. The molecule has 0 aliphatic heterocycles. The monoisotopic (exact) mass is 352 g/mol. The van der Waals surface area contributed by atoms with Crippen LogP contribution in [-0.4, -0.2) is 0 Å². The largest absolute Gasteiger partial charge is 0.0654 e. The van der Waals surface area contributed by atoms with Crippen LogP contribution in [0.3, 0.4) is 0 Å². The lowest BCUT2D eigenvalue weighted by Gasteiger charge is -2.11. The standard InChI is InChI=1S/C25H52/c1-5-7-8-9-10-11-12-13-15-19-22-25(4)23-20-17-14-16-18-21-24(3)6-2/h24-25H,5-23H2,1-4H3/t24-,25+/m1/s1. The first-order valence-corrected chi connectivity index (χ1v) is 12.2. The van der Waals surface area contributed by atoms with E-state index in [0.717, 1.165) is 11.8 Å². The van der Waals surface area contributed by atoms with E-state index >= 15 is 0 Å². The Morgan fingerprint density at radius 3 is 1.08 bits per heavy atom. The zero-order valence-corrected chi connectivity index (χ0v) is 18.6. The molecule has 0 fully saturated rings. The summed E-state index contributed by atoms with van der Waals surface area (Å²) in [6.45, 7) is 9.50. The molecule has 0 aromatic carbocycles. The minimum atomic E-state index is 0.945. The summed E-state index contributed by atoms with van der Waals surface area (Å²) in [6, 6.07) is 0. The first-order valence-electron chi connectivity index (χ1n) is 12.2. The van der Waals surface area contributed by atoms with Crippen molar-refractivity contribution in [2.75, 3.05) is 0 Å². The van der Waals surface area contributed by atoms with Gasteiger partial charge in [0.25, 0.3) is 0 Å². The normalized spacial score (nSPS) is 13.9. The maximum Gasteiger partial charge on any atom is -0.0443 e. The van der Waals surface area contributed by atoms with Gasteiger partial charge in [0, 0.05) is 0 Å². The number of unbranched alkanes of at least 4 members (excludes halogenated alkanes) is 13. The first kappa shape index (κ1) is 25.0. The minimum absolute atomic E-state index is 0.945. The van der Waals surface area contributed by atoms with E-state index in [1.165, 1.54) is 122 Å². The van der Waals surface area contributed by atoms with Crippen LogP contribution >= 0.6 is 0 Å². The van der Waals surface area contributed by atoms with Crippen molar-refractivity contribution in [1.29, 1.82) is 0 Å². The SMILES string of the molecule is CCCCCCCCCCCC[C@H](C)CCCCCCC[C@H](C)CC. The molecular weight excluding hydrogens is 300 g/mol. The zero-order valence-electron chi connectivity index (χ0n) is 18.6. The van der Waals surface area contributed by atoms with Crippen LogP contribution in [0.15, 0.2) is 0 Å². The lowest BCUT2D eigenvalue weighted by molar-refractivity contribution is 0.425. The predicted molar refractivity (Wildman–Crippen MR) is 117 cm³/mol. The number of hydrogen-bond acceptors (Lipinski definition) is 0. The molecule has 0 aromatic rings. The fourth-order valence-electron chi connectivity index (χ4n) is 3.84. The van der Waals surface area contributed by atoms with E-state index < -0.39 is 0 Å². The molecule has 0 amide bonds. The topological polar surface area (TPSA) is 0 Å². The van der Waals surface area contributed by atoms with E-state index in [1.807, 2.05) is 0 Å². The van der Waals surface area contributed by atoms with E-state index in [0.29, 0.717) is 0 Å². The summed E-state index contributed by atoms with van der Waals surface area (Å²) in [4.78, 5) is 0. The maximum absolute atomic E-state index is 2.48. The summed E-state index contributed by atoms with van der Waals surface area (Å²) in [7, 11) is 0. The Hall–Kier alpha value is 0. The van der Waals surface area contributed by atoms with Crippen LogP contribution in [0.5, 0.6) is 0 Å². The zero-order chi connectivity index (χ0) is 18.6. The van der Waals surface area contributed by atoms with Crippen LogP contribution in [0.4, 0.5) is 0 Å². The Bertz CT molecular complexity index is 232. The third-order valence-electron chi connectivity index (χ3n) is 6.14. The predicted octanol–water partition coefficient (Wildman–Crippen LogP) is 9.71. The van der Waals surface area contributed by atoms with Crippen molar-refractivity contribution in [2.45, 2.75) is 150 Å². The van der Waals surface area contributed by atoms with Crippen molar-refractivity contribution in [3.05, 3.63) is 0 Å². The Morgan fingerprint density at radius 2 is 0.720 bits per heavy atom. The lowest BCUT2D eigenvalue weighted by atomic mass is 9.95. The molecule has 152 valence electrons. The van der Waals surface area contributed by atoms with E-state index in [9.17, 15) is 0 Å². The lowest BCUT2D eigenvalue weighted by Crippen LogP contribution is -1.95. The summed E-state index contributed by atoms with van der Waals surface area (Å²) in [5.41, 5.74) is 0. The molecule has 0 nitrogen and oxygen atoms in total. The second-order valence-corrected chi connectivity index (χ2v) is 8.93. The number of rotatable bonds is 20. The van der Waals surface area contributed by atoms with Gasteiger partial charge in [-0.25, -0.2) is 0 Å². The molecule has 0 N–H and O–H groups in total. The molecule has 0 heteroatoms. The van der Waals surface area contributed by atoms with Gasteiger partial charge < -0.3 is 0 Å². The summed E-state index contributed by atoms with van der Waals surface area (Å²) in [6.07, 6.45) is 27.8. The summed E-state index contributed by atoms with van der Waals surface area (Å²) < 4.78 is 0. The van der Waals surface area contributed by atoms with E-state index in [1.54, 1.807) is 0 Å². The van der Waals surface area contributed by atoms with Gasteiger partial charge in [0.1, 0.15) is 0 Å². The smallest absolute Gasteiger partial charge is 0.0443 e. The van der Waals surface area contributed by atoms with Gasteiger partial charge in [-0.3, -0.25) is 0 Å². The number of hydrogen-bond donors (Lipinski definition) is 0. The van der Waals surface area contributed by atoms with Crippen molar-refractivity contribution < 1.29 is 0 Å². The molecule has 0 rings (SSSR count). The van der Waals surface area contributed by atoms with Gasteiger partial charge in [0.15, 0.2) is 0 Å². The summed E-state index contributed by atoms with van der Waals surface area (Å²) >= 11 is 0. The Labute approximate surface area is 161 Å². The van der Waals surface area contributed by atoms with Crippen LogP contribution in [0.1, 0.15) is 150 Å². The molecule has 0 saturated heterocycles. The molecule has 0 radical (unpaired) electrons.